The zero-order chi connectivity index (χ0) is 14.2. The molecule has 0 rings (SSSR count). The summed E-state index contributed by atoms with van der Waals surface area (Å²) in [5.74, 6) is 0.756. The molecule has 0 aromatic rings. The lowest BCUT2D eigenvalue weighted by Crippen LogP contribution is -2.38. The molecule has 0 aliphatic carbocycles. The Kier molecular flexibility index (Phi) is 7.78. The maximum atomic E-state index is 11.9. The summed E-state index contributed by atoms with van der Waals surface area (Å²) in [5, 5.41) is 2.90. The molecule has 0 radical (unpaired) electrons. The Balaban J connectivity index is 3.78. The summed E-state index contributed by atoms with van der Waals surface area (Å²) in [6.07, 6.45) is -1.96. The highest BCUT2D eigenvalue weighted by Crippen LogP contribution is 2.18. The SMILES string of the molecule is CC(C)CCCC(C)NC(N)=NCCC(F)(F)F. The molecule has 0 saturated heterocycles. The number of halogens is 3. The topological polar surface area (TPSA) is 50.4 Å². The Morgan fingerprint density at radius 1 is 1.22 bits per heavy atom. The van der Waals surface area contributed by atoms with Crippen molar-refractivity contribution in [2.24, 2.45) is 16.6 Å². The molecule has 3 nitrogen and oxygen atoms in total. The molecule has 0 aliphatic heterocycles. The van der Waals surface area contributed by atoms with Crippen LogP contribution in [0.15, 0.2) is 4.99 Å². The first-order valence-electron chi connectivity index (χ1n) is 6.34. The number of alkyl halides is 3. The predicted molar refractivity (Wildman–Crippen MR) is 68.4 cm³/mol. The minimum Gasteiger partial charge on any atom is -0.370 e. The minimum absolute atomic E-state index is 0.0938. The Morgan fingerprint density at radius 3 is 2.33 bits per heavy atom. The summed E-state index contributed by atoms with van der Waals surface area (Å²) in [5.41, 5.74) is 5.51. The Bertz CT molecular complexity index is 249. The highest BCUT2D eigenvalue weighted by molar-refractivity contribution is 5.78. The molecule has 0 saturated carbocycles. The van der Waals surface area contributed by atoms with E-state index in [1.807, 2.05) is 6.92 Å². The maximum absolute atomic E-state index is 11.9. The molecule has 0 amide bonds. The second-order valence-corrected chi connectivity index (χ2v) is 5.00. The van der Waals surface area contributed by atoms with Crippen LogP contribution in [0.3, 0.4) is 0 Å². The van der Waals surface area contributed by atoms with Crippen LogP contribution in [0.25, 0.3) is 0 Å². The van der Waals surface area contributed by atoms with Gasteiger partial charge < -0.3 is 11.1 Å². The zero-order valence-corrected chi connectivity index (χ0v) is 11.3. The van der Waals surface area contributed by atoms with E-state index in [0.29, 0.717) is 5.92 Å². The highest BCUT2D eigenvalue weighted by atomic mass is 19.4. The lowest BCUT2D eigenvalue weighted by atomic mass is 10.0. The Hall–Kier alpha value is -0.940. The molecule has 0 bridgehead atoms. The lowest BCUT2D eigenvalue weighted by molar-refractivity contribution is -0.132. The van der Waals surface area contributed by atoms with E-state index in [9.17, 15) is 13.2 Å². The van der Waals surface area contributed by atoms with Crippen LogP contribution in [-0.4, -0.2) is 24.7 Å². The number of nitrogens with one attached hydrogen (secondary N) is 1. The molecular weight excluding hydrogens is 243 g/mol. The van der Waals surface area contributed by atoms with E-state index < -0.39 is 12.6 Å². The molecule has 0 spiro atoms. The molecule has 0 aromatic heterocycles. The number of guanidine groups is 1. The monoisotopic (exact) mass is 267 g/mol. The van der Waals surface area contributed by atoms with Crippen LogP contribution in [0.5, 0.6) is 0 Å². The number of aliphatic imine (C=N–C) groups is 1. The van der Waals surface area contributed by atoms with Gasteiger partial charge in [0.1, 0.15) is 0 Å². The van der Waals surface area contributed by atoms with Crippen molar-refractivity contribution < 1.29 is 13.2 Å². The van der Waals surface area contributed by atoms with Gasteiger partial charge in [-0.3, -0.25) is 4.99 Å². The smallest absolute Gasteiger partial charge is 0.370 e. The van der Waals surface area contributed by atoms with E-state index in [4.69, 9.17) is 5.73 Å². The van der Waals surface area contributed by atoms with Gasteiger partial charge >= 0.3 is 6.18 Å². The van der Waals surface area contributed by atoms with E-state index in [1.54, 1.807) is 0 Å². The fourth-order valence-electron chi connectivity index (χ4n) is 1.51. The van der Waals surface area contributed by atoms with Gasteiger partial charge in [0.2, 0.25) is 0 Å². The zero-order valence-electron chi connectivity index (χ0n) is 11.3. The van der Waals surface area contributed by atoms with Gasteiger partial charge in [0.05, 0.1) is 13.0 Å². The molecule has 0 fully saturated rings. The van der Waals surface area contributed by atoms with Gasteiger partial charge in [0, 0.05) is 6.04 Å². The summed E-state index contributed by atoms with van der Waals surface area (Å²) in [4.78, 5) is 3.66. The van der Waals surface area contributed by atoms with Gasteiger partial charge in [-0.15, -0.1) is 0 Å². The minimum atomic E-state index is -4.17. The van der Waals surface area contributed by atoms with Gasteiger partial charge in [-0.2, -0.15) is 13.2 Å². The lowest BCUT2D eigenvalue weighted by Gasteiger charge is -2.15. The van der Waals surface area contributed by atoms with Crippen molar-refractivity contribution in [3.8, 4) is 0 Å². The van der Waals surface area contributed by atoms with Crippen molar-refractivity contribution in [3.05, 3.63) is 0 Å². The van der Waals surface area contributed by atoms with Gasteiger partial charge in [-0.1, -0.05) is 26.7 Å². The Morgan fingerprint density at radius 2 is 1.83 bits per heavy atom. The molecule has 18 heavy (non-hydrogen) atoms. The molecule has 3 N–H and O–H groups in total. The average molecular weight is 267 g/mol. The highest BCUT2D eigenvalue weighted by Gasteiger charge is 2.26. The van der Waals surface area contributed by atoms with E-state index in [1.165, 1.54) is 0 Å². The van der Waals surface area contributed by atoms with E-state index in [0.717, 1.165) is 19.3 Å². The van der Waals surface area contributed by atoms with Crippen LogP contribution < -0.4 is 11.1 Å². The number of nitrogens with zero attached hydrogens (tertiary/aromatic N) is 1. The van der Waals surface area contributed by atoms with Crippen LogP contribution >= 0.6 is 0 Å². The van der Waals surface area contributed by atoms with Crippen molar-refractivity contribution >= 4 is 5.96 Å². The number of nitrogens with two attached hydrogens (primary N) is 1. The number of rotatable bonds is 7. The first-order valence-corrected chi connectivity index (χ1v) is 6.34. The molecule has 108 valence electrons. The molecule has 0 aromatic carbocycles. The van der Waals surface area contributed by atoms with Crippen molar-refractivity contribution in [2.45, 2.75) is 58.7 Å². The second-order valence-electron chi connectivity index (χ2n) is 5.00. The van der Waals surface area contributed by atoms with Crippen molar-refractivity contribution in [1.82, 2.24) is 5.32 Å². The fraction of sp³-hybridized carbons (Fsp3) is 0.917. The van der Waals surface area contributed by atoms with E-state index in [-0.39, 0.29) is 18.5 Å². The first-order chi connectivity index (χ1) is 8.20. The van der Waals surface area contributed by atoms with Gasteiger partial charge in [0.15, 0.2) is 5.96 Å². The van der Waals surface area contributed by atoms with Gasteiger partial charge in [0.25, 0.3) is 0 Å². The third-order valence-corrected chi connectivity index (χ3v) is 2.49. The van der Waals surface area contributed by atoms with E-state index in [2.05, 4.69) is 24.2 Å². The summed E-state index contributed by atoms with van der Waals surface area (Å²) >= 11 is 0. The van der Waals surface area contributed by atoms with Crippen LogP contribution in [-0.2, 0) is 0 Å². The second kappa shape index (κ2) is 8.21. The van der Waals surface area contributed by atoms with Crippen molar-refractivity contribution in [1.29, 1.82) is 0 Å². The molecule has 6 heteroatoms. The van der Waals surface area contributed by atoms with Gasteiger partial charge in [-0.25, -0.2) is 0 Å². The average Bonchev–Trinajstić information content (AvgIpc) is 2.14. The fourth-order valence-corrected chi connectivity index (χ4v) is 1.51. The number of hydrogen-bond donors (Lipinski definition) is 2. The maximum Gasteiger partial charge on any atom is 0.390 e. The molecular formula is C12H24F3N3. The standard InChI is InChI=1S/C12H24F3N3/c1-9(2)5-4-6-10(3)18-11(16)17-8-7-12(13,14)15/h9-10H,4-8H2,1-3H3,(H3,16,17,18). The largest absolute Gasteiger partial charge is 0.390 e. The number of hydrogen-bond acceptors (Lipinski definition) is 1. The summed E-state index contributed by atoms with van der Waals surface area (Å²) in [6.45, 7) is 5.95. The summed E-state index contributed by atoms with van der Waals surface area (Å²) in [7, 11) is 0. The molecule has 1 unspecified atom stereocenters. The Labute approximate surface area is 107 Å². The van der Waals surface area contributed by atoms with Crippen molar-refractivity contribution in [2.75, 3.05) is 6.54 Å². The van der Waals surface area contributed by atoms with Crippen LogP contribution in [0.1, 0.15) is 46.5 Å². The third kappa shape index (κ3) is 11.5. The third-order valence-electron chi connectivity index (χ3n) is 2.49. The van der Waals surface area contributed by atoms with Crippen LogP contribution in [0.2, 0.25) is 0 Å². The molecule has 0 aliphatic rings. The predicted octanol–water partition coefficient (Wildman–Crippen LogP) is 3.06. The quantitative estimate of drug-likeness (QED) is 0.550. The van der Waals surface area contributed by atoms with Crippen LogP contribution in [0, 0.1) is 5.92 Å². The molecule has 1 atom stereocenters. The normalized spacial score (nSPS) is 14.9. The van der Waals surface area contributed by atoms with Gasteiger partial charge in [-0.05, 0) is 19.3 Å². The molecule has 0 heterocycles. The van der Waals surface area contributed by atoms with E-state index >= 15 is 0 Å². The first kappa shape index (κ1) is 17.1. The summed E-state index contributed by atoms with van der Waals surface area (Å²) < 4.78 is 35.6. The van der Waals surface area contributed by atoms with Crippen molar-refractivity contribution in [3.63, 3.8) is 0 Å². The van der Waals surface area contributed by atoms with Crippen LogP contribution in [0.4, 0.5) is 13.2 Å². The summed E-state index contributed by atoms with van der Waals surface area (Å²) in [6, 6.07) is 0.137.